The smallest absolute Gasteiger partial charge is 0.194 e. The number of nitrogens with zero attached hydrogens (tertiary/aromatic N) is 6. The normalized spacial score (nSPS) is 11.3. The van der Waals surface area contributed by atoms with E-state index in [-0.39, 0.29) is 0 Å². The summed E-state index contributed by atoms with van der Waals surface area (Å²) < 4.78 is 3.83. The van der Waals surface area contributed by atoms with Crippen LogP contribution in [-0.2, 0) is 6.54 Å². The SMILES string of the molecule is Clc1ccc(-c2nc3sccn3c2-c2cn(Cc3ccccn3)nn2)cc1. The van der Waals surface area contributed by atoms with Gasteiger partial charge in [0.15, 0.2) is 4.96 Å². The maximum absolute atomic E-state index is 6.04. The molecule has 0 aliphatic heterocycles. The Morgan fingerprint density at radius 3 is 2.78 bits per heavy atom. The van der Waals surface area contributed by atoms with Crippen LogP contribution in [-0.4, -0.2) is 29.4 Å². The van der Waals surface area contributed by atoms with Crippen LogP contribution in [0.15, 0.2) is 66.4 Å². The van der Waals surface area contributed by atoms with Gasteiger partial charge in [0.2, 0.25) is 0 Å². The van der Waals surface area contributed by atoms with Gasteiger partial charge in [0, 0.05) is 28.4 Å². The minimum atomic E-state index is 0.565. The van der Waals surface area contributed by atoms with Crippen molar-refractivity contribution in [3.05, 3.63) is 77.2 Å². The number of benzene rings is 1. The fourth-order valence-electron chi connectivity index (χ4n) is 2.98. The van der Waals surface area contributed by atoms with E-state index in [1.165, 1.54) is 0 Å². The Morgan fingerprint density at radius 1 is 1.07 bits per heavy atom. The number of halogens is 1. The highest BCUT2D eigenvalue weighted by Gasteiger charge is 2.19. The predicted octanol–water partition coefficient (Wildman–Crippen LogP) is 4.42. The molecule has 0 radical (unpaired) electrons. The summed E-state index contributed by atoms with van der Waals surface area (Å²) in [6, 6.07) is 13.5. The summed E-state index contributed by atoms with van der Waals surface area (Å²) in [7, 11) is 0. The minimum Gasteiger partial charge on any atom is -0.288 e. The van der Waals surface area contributed by atoms with Gasteiger partial charge in [0.1, 0.15) is 11.4 Å². The minimum absolute atomic E-state index is 0.565. The molecule has 0 fully saturated rings. The molecule has 6 nitrogen and oxygen atoms in total. The highest BCUT2D eigenvalue weighted by Crippen LogP contribution is 2.33. The molecule has 8 heteroatoms. The Balaban J connectivity index is 1.59. The van der Waals surface area contributed by atoms with Crippen molar-refractivity contribution in [2.45, 2.75) is 6.54 Å². The van der Waals surface area contributed by atoms with E-state index in [1.807, 2.05) is 64.6 Å². The van der Waals surface area contributed by atoms with Crippen molar-refractivity contribution in [2.75, 3.05) is 0 Å². The third-order valence-corrected chi connectivity index (χ3v) is 5.22. The van der Waals surface area contributed by atoms with Crippen molar-refractivity contribution < 1.29 is 0 Å². The van der Waals surface area contributed by atoms with Gasteiger partial charge in [0.25, 0.3) is 0 Å². The van der Waals surface area contributed by atoms with Crippen LogP contribution >= 0.6 is 22.9 Å². The van der Waals surface area contributed by atoms with Gasteiger partial charge in [-0.2, -0.15) is 0 Å². The van der Waals surface area contributed by atoms with Gasteiger partial charge in [-0.25, -0.2) is 9.67 Å². The van der Waals surface area contributed by atoms with E-state index < -0.39 is 0 Å². The fraction of sp³-hybridized carbons (Fsp3) is 0.0526. The van der Waals surface area contributed by atoms with Gasteiger partial charge in [0.05, 0.1) is 24.1 Å². The standard InChI is InChI=1S/C19H13ClN6S/c20-14-6-4-13(5-7-14)17-18(26-9-10-27-19(26)22-17)16-12-25(24-23-16)11-15-3-1-2-8-21-15/h1-10,12H,11H2. The van der Waals surface area contributed by atoms with E-state index in [0.29, 0.717) is 11.6 Å². The van der Waals surface area contributed by atoms with E-state index in [0.717, 1.165) is 33.3 Å². The molecule has 132 valence electrons. The molecule has 0 unspecified atom stereocenters. The van der Waals surface area contributed by atoms with Crippen molar-refractivity contribution in [1.82, 2.24) is 29.4 Å². The van der Waals surface area contributed by atoms with Gasteiger partial charge in [-0.05, 0) is 24.3 Å². The molecule has 4 aromatic heterocycles. The first-order chi connectivity index (χ1) is 13.3. The lowest BCUT2D eigenvalue weighted by Gasteiger charge is -2.02. The van der Waals surface area contributed by atoms with E-state index in [1.54, 1.807) is 22.2 Å². The average molecular weight is 393 g/mol. The Labute approximate surface area is 163 Å². The number of fused-ring (bicyclic) bond motifs is 1. The Morgan fingerprint density at radius 2 is 1.96 bits per heavy atom. The lowest BCUT2D eigenvalue weighted by Crippen LogP contribution is -2.01. The van der Waals surface area contributed by atoms with Crippen LogP contribution in [0.25, 0.3) is 27.6 Å². The zero-order chi connectivity index (χ0) is 18.2. The van der Waals surface area contributed by atoms with Crippen LogP contribution in [0.2, 0.25) is 5.02 Å². The highest BCUT2D eigenvalue weighted by molar-refractivity contribution is 7.15. The summed E-state index contributed by atoms with van der Waals surface area (Å²) in [4.78, 5) is 10.0. The Hall–Kier alpha value is -3.03. The van der Waals surface area contributed by atoms with Gasteiger partial charge >= 0.3 is 0 Å². The molecule has 27 heavy (non-hydrogen) atoms. The van der Waals surface area contributed by atoms with Crippen LogP contribution in [0.4, 0.5) is 0 Å². The molecule has 4 heterocycles. The zero-order valence-corrected chi connectivity index (χ0v) is 15.6. The molecule has 0 atom stereocenters. The average Bonchev–Trinajstić information content (AvgIpc) is 3.39. The molecule has 1 aromatic carbocycles. The van der Waals surface area contributed by atoms with Crippen LogP contribution in [0, 0.1) is 0 Å². The molecule has 0 aliphatic carbocycles. The summed E-state index contributed by atoms with van der Waals surface area (Å²) in [5, 5.41) is 11.4. The van der Waals surface area contributed by atoms with Crippen LogP contribution in [0.5, 0.6) is 0 Å². The molecule has 0 spiro atoms. The number of aromatic nitrogens is 6. The number of pyridine rings is 1. The lowest BCUT2D eigenvalue weighted by molar-refractivity contribution is 0.639. The van der Waals surface area contributed by atoms with E-state index in [9.17, 15) is 0 Å². The van der Waals surface area contributed by atoms with Crippen molar-refractivity contribution >= 4 is 27.9 Å². The first-order valence-corrected chi connectivity index (χ1v) is 9.55. The van der Waals surface area contributed by atoms with Gasteiger partial charge in [-0.1, -0.05) is 35.0 Å². The first kappa shape index (κ1) is 16.2. The highest BCUT2D eigenvalue weighted by atomic mass is 35.5. The molecule has 5 rings (SSSR count). The molecule has 0 saturated heterocycles. The lowest BCUT2D eigenvalue weighted by atomic mass is 10.1. The second-order valence-corrected chi connectivity index (χ2v) is 7.30. The third kappa shape index (κ3) is 3.01. The van der Waals surface area contributed by atoms with Gasteiger partial charge in [-0.3, -0.25) is 9.38 Å². The van der Waals surface area contributed by atoms with Crippen LogP contribution in [0.3, 0.4) is 0 Å². The molecule has 0 saturated carbocycles. The topological polar surface area (TPSA) is 60.9 Å². The van der Waals surface area contributed by atoms with Crippen molar-refractivity contribution in [2.24, 2.45) is 0 Å². The quantitative estimate of drug-likeness (QED) is 0.454. The zero-order valence-electron chi connectivity index (χ0n) is 14.0. The molecule has 0 bridgehead atoms. The van der Waals surface area contributed by atoms with Crippen molar-refractivity contribution in [3.8, 4) is 22.6 Å². The number of rotatable bonds is 4. The van der Waals surface area contributed by atoms with Crippen LogP contribution in [0.1, 0.15) is 5.69 Å². The molecular formula is C19H13ClN6S. The monoisotopic (exact) mass is 392 g/mol. The molecule has 0 amide bonds. The van der Waals surface area contributed by atoms with Crippen molar-refractivity contribution in [3.63, 3.8) is 0 Å². The summed E-state index contributed by atoms with van der Waals surface area (Å²) in [5.41, 5.74) is 4.47. The summed E-state index contributed by atoms with van der Waals surface area (Å²) in [6.45, 7) is 0.565. The largest absolute Gasteiger partial charge is 0.288 e. The predicted molar refractivity (Wildman–Crippen MR) is 106 cm³/mol. The van der Waals surface area contributed by atoms with Gasteiger partial charge < -0.3 is 0 Å². The Kier molecular flexibility index (Phi) is 3.95. The van der Waals surface area contributed by atoms with E-state index in [4.69, 9.17) is 16.6 Å². The second kappa shape index (κ2) is 6.61. The fourth-order valence-corrected chi connectivity index (χ4v) is 3.82. The maximum atomic E-state index is 6.04. The summed E-state index contributed by atoms with van der Waals surface area (Å²) in [5.74, 6) is 0. The van der Waals surface area contributed by atoms with Crippen molar-refractivity contribution in [1.29, 1.82) is 0 Å². The first-order valence-electron chi connectivity index (χ1n) is 8.30. The summed E-state index contributed by atoms with van der Waals surface area (Å²) in [6.07, 6.45) is 5.70. The maximum Gasteiger partial charge on any atom is 0.194 e. The second-order valence-electron chi connectivity index (χ2n) is 5.99. The molecule has 0 aliphatic rings. The van der Waals surface area contributed by atoms with Gasteiger partial charge in [-0.15, -0.1) is 16.4 Å². The van der Waals surface area contributed by atoms with E-state index >= 15 is 0 Å². The van der Waals surface area contributed by atoms with E-state index in [2.05, 4.69) is 15.3 Å². The number of imidazole rings is 1. The molecule has 0 N–H and O–H groups in total. The molecule has 5 aromatic rings. The number of hydrogen-bond acceptors (Lipinski definition) is 5. The number of hydrogen-bond donors (Lipinski definition) is 0. The number of thiazole rings is 1. The third-order valence-electron chi connectivity index (χ3n) is 4.21. The Bertz CT molecular complexity index is 1210. The summed E-state index contributed by atoms with van der Waals surface area (Å²) >= 11 is 7.62. The molecular weight excluding hydrogens is 380 g/mol. The van der Waals surface area contributed by atoms with Crippen LogP contribution < -0.4 is 0 Å².